The van der Waals surface area contributed by atoms with Gasteiger partial charge in [-0.1, -0.05) is 22.5 Å². The fourth-order valence-electron chi connectivity index (χ4n) is 3.55. The quantitative estimate of drug-likeness (QED) is 0.422. The fourth-order valence-corrected chi connectivity index (χ4v) is 4.79. The van der Waals surface area contributed by atoms with Gasteiger partial charge in [0.05, 0.1) is 9.82 Å². The molecule has 0 spiro atoms. The fraction of sp³-hybridized carbons (Fsp3) is 0.368. The number of rotatable bonds is 6. The number of hydrogen-bond acceptors (Lipinski definition) is 5. The molecule has 1 saturated heterocycles. The van der Waals surface area contributed by atoms with E-state index in [-0.39, 0.29) is 21.3 Å². The Kier molecular flexibility index (Phi) is 5.59. The number of piperidine rings is 1. The van der Waals surface area contributed by atoms with E-state index in [1.807, 2.05) is 6.92 Å². The second-order valence-electron chi connectivity index (χ2n) is 6.83. The first-order valence-electron chi connectivity index (χ1n) is 8.96. The first kappa shape index (κ1) is 19.5. The monoisotopic (exact) mass is 391 g/mol. The molecular weight excluding hydrogens is 368 g/mol. The van der Waals surface area contributed by atoms with E-state index in [9.17, 15) is 18.5 Å². The summed E-state index contributed by atoms with van der Waals surface area (Å²) in [4.78, 5) is 10.6. The second kappa shape index (κ2) is 7.75. The summed E-state index contributed by atoms with van der Waals surface area (Å²) in [6, 6.07) is 14.1. The summed E-state index contributed by atoms with van der Waals surface area (Å²) in [5.74, 6) is 0. The topological polar surface area (TPSA) is 86.5 Å². The zero-order valence-corrected chi connectivity index (χ0v) is 16.0. The average Bonchev–Trinajstić information content (AvgIpc) is 2.68. The lowest BCUT2D eigenvalue weighted by atomic mass is 10.0. The predicted octanol–water partition coefficient (Wildman–Crippen LogP) is 3.98. The minimum absolute atomic E-state index is 0.00831. The third-order valence-corrected chi connectivity index (χ3v) is 6.49. The van der Waals surface area contributed by atoms with Crippen LogP contribution in [-0.2, 0) is 14.4 Å². The van der Waals surface area contributed by atoms with Gasteiger partial charge in [0.2, 0.25) is 0 Å². The zero-order valence-electron chi connectivity index (χ0n) is 15.2. The lowest BCUT2D eigenvalue weighted by molar-refractivity contribution is -1.10. The number of nitro benzene ring substituents is 1. The van der Waals surface area contributed by atoms with E-state index in [0.29, 0.717) is 13.1 Å². The largest absolute Gasteiger partial charge is 0.342 e. The molecule has 0 bridgehead atoms. The lowest BCUT2D eigenvalue weighted by Crippen LogP contribution is -2.53. The van der Waals surface area contributed by atoms with Crippen molar-refractivity contribution in [2.45, 2.75) is 37.1 Å². The van der Waals surface area contributed by atoms with Crippen LogP contribution in [0.15, 0.2) is 59.5 Å². The Morgan fingerprint density at radius 3 is 2.15 bits per heavy atom. The van der Waals surface area contributed by atoms with Crippen LogP contribution in [-0.4, -0.2) is 31.1 Å². The van der Waals surface area contributed by atoms with Gasteiger partial charge >= 0.3 is 10.1 Å². The van der Waals surface area contributed by atoms with Crippen molar-refractivity contribution < 1.29 is 22.3 Å². The van der Waals surface area contributed by atoms with Gasteiger partial charge in [-0.2, -0.15) is 13.1 Å². The number of non-ortho nitro benzene ring substituents is 1. The molecule has 0 radical (unpaired) electrons. The number of nitro groups is 1. The minimum Gasteiger partial charge on any atom is -0.258 e. The Morgan fingerprint density at radius 2 is 1.59 bits per heavy atom. The first-order valence-corrected chi connectivity index (χ1v) is 10.4. The molecule has 0 N–H and O–H groups in total. The number of benzene rings is 2. The highest BCUT2D eigenvalue weighted by atomic mass is 32.2. The highest BCUT2D eigenvalue weighted by molar-refractivity contribution is 7.86. The van der Waals surface area contributed by atoms with Crippen molar-refractivity contribution in [1.82, 2.24) is 0 Å². The van der Waals surface area contributed by atoms with Crippen molar-refractivity contribution in [3.63, 3.8) is 0 Å². The number of likely N-dealkylation sites (tertiary alicyclic amines) is 1. The van der Waals surface area contributed by atoms with E-state index in [1.54, 1.807) is 30.3 Å². The lowest BCUT2D eigenvalue weighted by Gasteiger charge is -2.41. The summed E-state index contributed by atoms with van der Waals surface area (Å²) >= 11 is 0. The normalized spacial score (nSPS) is 18.0. The molecule has 1 unspecified atom stereocenters. The molecule has 1 atom stereocenters. The standard InChI is InChI=1S/C19H23N2O5S/c1-16(17-10-12-18(13-11-17)20(22)23)21(14-6-3-7-15-21)26-27(24,25)19-8-4-2-5-9-19/h2,4-5,8-13,16H,3,6-7,14-15H2,1H3/q+1. The molecule has 27 heavy (non-hydrogen) atoms. The molecular formula is C19H23N2O5S+. The predicted molar refractivity (Wildman–Crippen MR) is 100 cm³/mol. The zero-order chi connectivity index (χ0) is 19.5. The van der Waals surface area contributed by atoms with Crippen molar-refractivity contribution in [3.8, 4) is 0 Å². The van der Waals surface area contributed by atoms with Crippen LogP contribution in [0.3, 0.4) is 0 Å². The van der Waals surface area contributed by atoms with Crippen molar-refractivity contribution in [2.24, 2.45) is 0 Å². The molecule has 0 aromatic heterocycles. The van der Waals surface area contributed by atoms with Crippen LogP contribution in [0.5, 0.6) is 0 Å². The Hall–Kier alpha value is -2.29. The number of quaternary nitrogens is 1. The summed E-state index contributed by atoms with van der Waals surface area (Å²) in [7, 11) is -3.93. The number of hydrogen-bond donors (Lipinski definition) is 0. The Labute approximate surface area is 159 Å². The molecule has 1 heterocycles. The first-order chi connectivity index (χ1) is 12.8. The van der Waals surface area contributed by atoms with Crippen molar-refractivity contribution in [2.75, 3.05) is 13.1 Å². The van der Waals surface area contributed by atoms with Gasteiger partial charge in [0.1, 0.15) is 19.1 Å². The van der Waals surface area contributed by atoms with Gasteiger partial charge in [-0.25, -0.2) is 0 Å². The van der Waals surface area contributed by atoms with Gasteiger partial charge in [-0.15, -0.1) is 0 Å². The van der Waals surface area contributed by atoms with Gasteiger partial charge in [-0.3, -0.25) is 10.1 Å². The second-order valence-corrected chi connectivity index (χ2v) is 8.36. The highest BCUT2D eigenvalue weighted by Crippen LogP contribution is 2.36. The summed E-state index contributed by atoms with van der Waals surface area (Å²) in [6.45, 7) is 3.06. The van der Waals surface area contributed by atoms with Crippen molar-refractivity contribution in [1.29, 1.82) is 0 Å². The van der Waals surface area contributed by atoms with E-state index < -0.39 is 15.0 Å². The van der Waals surface area contributed by atoms with E-state index in [4.69, 9.17) is 4.28 Å². The molecule has 0 saturated carbocycles. The summed E-state index contributed by atoms with van der Waals surface area (Å²) in [6.07, 6.45) is 2.75. The molecule has 3 rings (SSSR count). The summed E-state index contributed by atoms with van der Waals surface area (Å²) < 4.78 is 31.5. The van der Waals surface area contributed by atoms with Crippen LogP contribution < -0.4 is 0 Å². The maximum Gasteiger partial charge on any atom is 0.342 e. The molecule has 0 aliphatic carbocycles. The third kappa shape index (κ3) is 4.18. The molecule has 8 heteroatoms. The summed E-state index contributed by atoms with van der Waals surface area (Å²) in [5.41, 5.74) is 0.819. The Bertz CT molecular complexity index is 891. The Balaban J connectivity index is 1.93. The number of hydroxylamine groups is 3. The molecule has 2 aromatic rings. The molecule has 7 nitrogen and oxygen atoms in total. The smallest absolute Gasteiger partial charge is 0.258 e. The summed E-state index contributed by atoms with van der Waals surface area (Å²) in [5, 5.41) is 10.9. The molecule has 2 aromatic carbocycles. The van der Waals surface area contributed by atoms with Crippen LogP contribution in [0.4, 0.5) is 5.69 Å². The van der Waals surface area contributed by atoms with Gasteiger partial charge in [-0.05, 0) is 50.5 Å². The van der Waals surface area contributed by atoms with Crippen molar-refractivity contribution >= 4 is 15.8 Å². The average molecular weight is 391 g/mol. The van der Waals surface area contributed by atoms with Gasteiger partial charge in [0, 0.05) is 17.7 Å². The van der Waals surface area contributed by atoms with E-state index in [1.165, 1.54) is 24.3 Å². The molecule has 144 valence electrons. The van der Waals surface area contributed by atoms with Crippen LogP contribution in [0, 0.1) is 10.1 Å². The van der Waals surface area contributed by atoms with Gasteiger partial charge in [0.25, 0.3) is 5.69 Å². The molecule has 1 fully saturated rings. The Morgan fingerprint density at radius 1 is 1.00 bits per heavy atom. The highest BCUT2D eigenvalue weighted by Gasteiger charge is 2.44. The van der Waals surface area contributed by atoms with E-state index >= 15 is 0 Å². The van der Waals surface area contributed by atoms with E-state index in [0.717, 1.165) is 24.8 Å². The van der Waals surface area contributed by atoms with E-state index in [2.05, 4.69) is 0 Å². The maximum atomic E-state index is 12.9. The van der Waals surface area contributed by atoms with Crippen LogP contribution in [0.25, 0.3) is 0 Å². The van der Waals surface area contributed by atoms with Crippen LogP contribution >= 0.6 is 0 Å². The van der Waals surface area contributed by atoms with Gasteiger partial charge < -0.3 is 0 Å². The third-order valence-electron chi connectivity index (χ3n) is 5.14. The van der Waals surface area contributed by atoms with Gasteiger partial charge in [0.15, 0.2) is 0 Å². The molecule has 0 amide bonds. The number of nitrogens with zero attached hydrogens (tertiary/aromatic N) is 2. The minimum atomic E-state index is -3.93. The SMILES string of the molecule is CC(c1ccc([N+](=O)[O-])cc1)[N+]1(OS(=O)(=O)c2ccccc2)CCCCC1. The molecule has 1 aliphatic rings. The van der Waals surface area contributed by atoms with Crippen LogP contribution in [0.2, 0.25) is 0 Å². The van der Waals surface area contributed by atoms with Crippen molar-refractivity contribution in [3.05, 3.63) is 70.3 Å². The van der Waals surface area contributed by atoms with Crippen LogP contribution in [0.1, 0.15) is 37.8 Å². The molecule has 1 aliphatic heterocycles. The maximum absolute atomic E-state index is 12.9.